The minimum atomic E-state index is 0.342. The molecule has 2 aliphatic rings. The smallest absolute Gasteiger partial charge is 0.0978 e. The highest BCUT2D eigenvalue weighted by molar-refractivity contribution is 8.00. The lowest BCUT2D eigenvalue weighted by atomic mass is 10.0. The van der Waals surface area contributed by atoms with E-state index in [1.807, 2.05) is 11.8 Å². The van der Waals surface area contributed by atoms with Crippen molar-refractivity contribution in [2.75, 3.05) is 0 Å². The van der Waals surface area contributed by atoms with Crippen molar-refractivity contribution in [3.05, 3.63) is 33.1 Å². The minimum absolute atomic E-state index is 0.342. The van der Waals surface area contributed by atoms with E-state index in [1.165, 1.54) is 26.9 Å². The fourth-order valence-corrected chi connectivity index (χ4v) is 3.41. The minimum Gasteiger partial charge on any atom is -0.270 e. The van der Waals surface area contributed by atoms with Crippen molar-refractivity contribution in [1.29, 1.82) is 0 Å². The van der Waals surface area contributed by atoms with E-state index in [1.54, 1.807) is 0 Å². The Balaban J connectivity index is 2.47. The molecule has 0 spiro atoms. The third kappa shape index (κ3) is 1.21. The van der Waals surface area contributed by atoms with E-state index in [0.717, 1.165) is 11.1 Å². The van der Waals surface area contributed by atoms with Gasteiger partial charge in [-0.25, -0.2) is 0 Å². The zero-order valence-electron chi connectivity index (χ0n) is 9.96. The molecule has 3 heteroatoms. The lowest BCUT2D eigenvalue weighted by molar-refractivity contribution is 0.987. The van der Waals surface area contributed by atoms with Crippen molar-refractivity contribution in [3.63, 3.8) is 0 Å². The highest BCUT2D eigenvalue weighted by atomic mass is 32.2. The quantitative estimate of drug-likeness (QED) is 0.671. The summed E-state index contributed by atoms with van der Waals surface area (Å²) in [5.41, 5.74) is 4.96. The van der Waals surface area contributed by atoms with Crippen LogP contribution in [0.2, 0.25) is 0 Å². The summed E-state index contributed by atoms with van der Waals surface area (Å²) < 4.78 is 0. The zero-order chi connectivity index (χ0) is 11.4. The number of hydrogen-bond donors (Lipinski definition) is 0. The van der Waals surface area contributed by atoms with Crippen LogP contribution in [-0.4, -0.2) is 5.37 Å². The van der Waals surface area contributed by atoms with E-state index >= 15 is 0 Å². The van der Waals surface area contributed by atoms with Crippen molar-refractivity contribution < 1.29 is 0 Å². The van der Waals surface area contributed by atoms with Crippen LogP contribution >= 0.6 is 11.8 Å². The lowest BCUT2D eigenvalue weighted by Gasteiger charge is -2.05. The molecule has 0 saturated heterocycles. The molecule has 0 aliphatic carbocycles. The number of thioether (sulfide) groups is 1. The maximum atomic E-state index is 4.71. The molecule has 1 atom stereocenters. The van der Waals surface area contributed by atoms with Gasteiger partial charge in [-0.05, 0) is 44.9 Å². The number of hydrogen-bond acceptors (Lipinski definition) is 3. The third-order valence-corrected chi connectivity index (χ3v) is 4.32. The number of nitrogens with zero attached hydrogens (tertiary/aromatic N) is 2. The second kappa shape index (κ2) is 3.20. The fraction of sp³-hybridized carbons (Fsp3) is 0.385. The third-order valence-electron chi connectivity index (χ3n) is 3.23. The molecule has 0 N–H and O–H groups in total. The average Bonchev–Trinajstić information content (AvgIpc) is 2.78. The summed E-state index contributed by atoms with van der Waals surface area (Å²) >= 11 is 1.85. The van der Waals surface area contributed by atoms with Gasteiger partial charge in [-0.1, -0.05) is 11.8 Å². The highest BCUT2D eigenvalue weighted by Gasteiger charge is 2.22. The Morgan fingerprint density at radius 2 is 1.81 bits per heavy atom. The molecule has 0 radical (unpaired) electrons. The first kappa shape index (κ1) is 10.1. The molecule has 2 heterocycles. The summed E-state index contributed by atoms with van der Waals surface area (Å²) in [5, 5.41) is 2.69. The van der Waals surface area contributed by atoms with E-state index < -0.39 is 0 Å². The van der Waals surface area contributed by atoms with Crippen molar-refractivity contribution in [2.45, 2.75) is 38.0 Å². The summed E-state index contributed by atoms with van der Waals surface area (Å²) in [4.78, 5) is 10.7. The van der Waals surface area contributed by atoms with Gasteiger partial charge >= 0.3 is 0 Å². The predicted octanol–water partition coefficient (Wildman–Crippen LogP) is 2.37. The molecule has 0 amide bonds. The SMILES string of the molecule is CC1=Cc2c3c(c(C)c(C)c2=N1)=NC(C)S3. The first-order chi connectivity index (χ1) is 7.58. The van der Waals surface area contributed by atoms with Crippen LogP contribution in [0, 0.1) is 13.8 Å². The molecule has 0 saturated carbocycles. The van der Waals surface area contributed by atoms with Gasteiger partial charge < -0.3 is 0 Å². The van der Waals surface area contributed by atoms with Crippen LogP contribution in [0.15, 0.2) is 20.6 Å². The van der Waals surface area contributed by atoms with Gasteiger partial charge in [-0.3, -0.25) is 9.98 Å². The van der Waals surface area contributed by atoms with Gasteiger partial charge in [0.15, 0.2) is 0 Å². The molecule has 1 aromatic carbocycles. The second-order valence-corrected chi connectivity index (χ2v) is 5.76. The fourth-order valence-electron chi connectivity index (χ4n) is 2.31. The Morgan fingerprint density at radius 1 is 1.12 bits per heavy atom. The second-order valence-electron chi connectivity index (χ2n) is 4.43. The summed E-state index contributed by atoms with van der Waals surface area (Å²) in [7, 11) is 0. The van der Waals surface area contributed by atoms with Crippen LogP contribution in [0.1, 0.15) is 30.5 Å². The number of allylic oxidation sites excluding steroid dienone is 1. The summed E-state index contributed by atoms with van der Waals surface area (Å²) in [5.74, 6) is 0. The maximum absolute atomic E-state index is 4.71. The lowest BCUT2D eigenvalue weighted by Crippen LogP contribution is -2.21. The van der Waals surface area contributed by atoms with Crippen LogP contribution in [0.25, 0.3) is 6.08 Å². The van der Waals surface area contributed by atoms with Crippen LogP contribution in [0.5, 0.6) is 0 Å². The van der Waals surface area contributed by atoms with Crippen LogP contribution in [0.4, 0.5) is 0 Å². The monoisotopic (exact) mass is 230 g/mol. The van der Waals surface area contributed by atoms with Crippen molar-refractivity contribution in [3.8, 4) is 0 Å². The normalized spacial score (nSPS) is 21.0. The Kier molecular flexibility index (Phi) is 2.02. The van der Waals surface area contributed by atoms with Gasteiger partial charge in [0.1, 0.15) is 0 Å². The molecule has 16 heavy (non-hydrogen) atoms. The van der Waals surface area contributed by atoms with Crippen LogP contribution < -0.4 is 10.7 Å². The summed E-state index contributed by atoms with van der Waals surface area (Å²) in [6.07, 6.45) is 2.18. The Labute approximate surface area is 99.2 Å². The molecule has 2 aliphatic heterocycles. The average molecular weight is 230 g/mol. The van der Waals surface area contributed by atoms with E-state index in [-0.39, 0.29) is 0 Å². The number of rotatable bonds is 0. The molecular weight excluding hydrogens is 216 g/mol. The Hall–Kier alpha value is -1.09. The van der Waals surface area contributed by atoms with Gasteiger partial charge in [0.2, 0.25) is 0 Å². The Morgan fingerprint density at radius 3 is 2.56 bits per heavy atom. The van der Waals surface area contributed by atoms with E-state index in [0.29, 0.717) is 5.37 Å². The molecule has 1 aromatic rings. The molecule has 82 valence electrons. The maximum Gasteiger partial charge on any atom is 0.0978 e. The van der Waals surface area contributed by atoms with E-state index in [9.17, 15) is 0 Å². The van der Waals surface area contributed by atoms with Crippen LogP contribution in [0.3, 0.4) is 0 Å². The number of fused-ring (bicyclic) bond motifs is 3. The van der Waals surface area contributed by atoms with Gasteiger partial charge in [-0.15, -0.1) is 0 Å². The van der Waals surface area contributed by atoms with Crippen molar-refractivity contribution in [2.24, 2.45) is 9.98 Å². The summed E-state index contributed by atoms with van der Waals surface area (Å²) in [6.45, 7) is 8.50. The molecular formula is C13H14N2S. The number of benzene rings is 1. The molecule has 2 nitrogen and oxygen atoms in total. The molecule has 0 fully saturated rings. The van der Waals surface area contributed by atoms with Crippen molar-refractivity contribution in [1.82, 2.24) is 0 Å². The topological polar surface area (TPSA) is 24.7 Å². The molecule has 1 unspecified atom stereocenters. The van der Waals surface area contributed by atoms with Gasteiger partial charge in [0, 0.05) is 16.2 Å². The van der Waals surface area contributed by atoms with Crippen molar-refractivity contribution >= 4 is 17.8 Å². The molecule has 0 bridgehead atoms. The Bertz CT molecular complexity index is 638. The van der Waals surface area contributed by atoms with Gasteiger partial charge in [-0.2, -0.15) is 0 Å². The predicted molar refractivity (Wildman–Crippen MR) is 67.2 cm³/mol. The first-order valence-electron chi connectivity index (χ1n) is 5.52. The molecule has 3 rings (SSSR count). The largest absolute Gasteiger partial charge is 0.270 e. The zero-order valence-corrected chi connectivity index (χ0v) is 10.8. The van der Waals surface area contributed by atoms with Gasteiger partial charge in [0.05, 0.1) is 16.1 Å². The summed E-state index contributed by atoms with van der Waals surface area (Å²) in [6, 6.07) is 0. The van der Waals surface area contributed by atoms with E-state index in [4.69, 9.17) is 4.99 Å². The standard InChI is InChI=1S/C13H14N2S/c1-6-5-10-11(14-6)7(2)8(3)12-13(10)16-9(4)15-12/h5,9H,1-4H3. The highest BCUT2D eigenvalue weighted by Crippen LogP contribution is 2.31. The first-order valence-corrected chi connectivity index (χ1v) is 6.40. The van der Waals surface area contributed by atoms with E-state index in [2.05, 4.69) is 38.8 Å². The molecule has 0 aromatic heterocycles. The van der Waals surface area contributed by atoms with Gasteiger partial charge in [0.25, 0.3) is 0 Å². The van der Waals surface area contributed by atoms with Crippen LogP contribution in [-0.2, 0) is 0 Å².